The summed E-state index contributed by atoms with van der Waals surface area (Å²) >= 11 is 6.08. The van der Waals surface area contributed by atoms with Gasteiger partial charge in [0.05, 0.1) is 18.8 Å². The minimum atomic E-state index is -4.80. The van der Waals surface area contributed by atoms with Gasteiger partial charge in [-0.05, 0) is 29.8 Å². The molecule has 0 unspecified atom stereocenters. The molecule has 0 amide bonds. The van der Waals surface area contributed by atoms with E-state index in [0.29, 0.717) is 11.6 Å². The van der Waals surface area contributed by atoms with E-state index >= 15 is 0 Å². The molecule has 0 saturated heterocycles. The molecule has 0 atom stereocenters. The van der Waals surface area contributed by atoms with Gasteiger partial charge in [0.25, 0.3) is 0 Å². The molecule has 1 aliphatic rings. The van der Waals surface area contributed by atoms with Crippen LogP contribution in [0, 0.1) is 0 Å². The zero-order valence-electron chi connectivity index (χ0n) is 13.8. The maximum absolute atomic E-state index is 12.5. The lowest BCUT2D eigenvalue weighted by Gasteiger charge is -2.14. The molecular weight excluding hydrogens is 498 g/mol. The standard InChI is InChI=1S/C17H15ClF3N3O2.HI/c18-12-7-10-5-6-25-15(10)11(8-12)9-23-16(22)24-13-3-1-2-4-14(13)26-17(19,20)21;/h1-4,7-8H,5-6,9H2,(H3,22,23,24);1H. The zero-order chi connectivity index (χ0) is 18.7. The van der Waals surface area contributed by atoms with Crippen LogP contribution < -0.4 is 20.5 Å². The number of anilines is 1. The number of rotatable bonds is 4. The minimum Gasteiger partial charge on any atom is -0.493 e. The molecule has 0 fully saturated rings. The number of nitrogens with zero attached hydrogens (tertiary/aromatic N) is 1. The molecule has 0 saturated carbocycles. The van der Waals surface area contributed by atoms with Gasteiger partial charge in [0.1, 0.15) is 5.75 Å². The molecule has 0 aliphatic carbocycles. The van der Waals surface area contributed by atoms with Gasteiger partial charge in [-0.2, -0.15) is 0 Å². The number of ether oxygens (including phenoxy) is 2. The largest absolute Gasteiger partial charge is 0.573 e. The van der Waals surface area contributed by atoms with Gasteiger partial charge in [-0.1, -0.05) is 23.7 Å². The van der Waals surface area contributed by atoms with Gasteiger partial charge in [0.15, 0.2) is 11.7 Å². The number of nitrogens with two attached hydrogens (primary N) is 1. The summed E-state index contributed by atoms with van der Waals surface area (Å²) in [4.78, 5) is 4.15. The van der Waals surface area contributed by atoms with Gasteiger partial charge in [-0.15, -0.1) is 37.1 Å². The molecule has 1 heterocycles. The number of fused-ring (bicyclic) bond motifs is 1. The molecule has 2 aromatic carbocycles. The Morgan fingerprint density at radius 3 is 2.78 bits per heavy atom. The summed E-state index contributed by atoms with van der Waals surface area (Å²) in [5, 5.41) is 3.18. The number of para-hydroxylation sites is 2. The number of nitrogens with one attached hydrogen (secondary N) is 1. The lowest BCUT2D eigenvalue weighted by molar-refractivity contribution is -0.274. The zero-order valence-corrected chi connectivity index (χ0v) is 16.9. The van der Waals surface area contributed by atoms with Crippen LogP contribution in [0.15, 0.2) is 41.4 Å². The summed E-state index contributed by atoms with van der Waals surface area (Å²) in [5.74, 6) is 0.270. The number of halogens is 5. The summed E-state index contributed by atoms with van der Waals surface area (Å²) in [6, 6.07) is 9.12. The van der Waals surface area contributed by atoms with Crippen molar-refractivity contribution in [3.8, 4) is 11.5 Å². The van der Waals surface area contributed by atoms with Crippen LogP contribution in [0.5, 0.6) is 11.5 Å². The van der Waals surface area contributed by atoms with Crippen molar-refractivity contribution in [2.75, 3.05) is 11.9 Å². The highest BCUT2D eigenvalue weighted by Crippen LogP contribution is 2.33. The highest BCUT2D eigenvalue weighted by Gasteiger charge is 2.32. The first-order chi connectivity index (χ1) is 12.3. The minimum absolute atomic E-state index is 0. The molecule has 0 aromatic heterocycles. The lowest BCUT2D eigenvalue weighted by Crippen LogP contribution is -2.24. The Morgan fingerprint density at radius 2 is 2.04 bits per heavy atom. The molecule has 5 nitrogen and oxygen atoms in total. The number of aliphatic imine (C=N–C) groups is 1. The van der Waals surface area contributed by atoms with E-state index in [-0.39, 0.29) is 42.2 Å². The molecule has 3 N–H and O–H groups in total. The topological polar surface area (TPSA) is 68.9 Å². The lowest BCUT2D eigenvalue weighted by atomic mass is 10.1. The van der Waals surface area contributed by atoms with Crippen LogP contribution in [-0.4, -0.2) is 18.9 Å². The van der Waals surface area contributed by atoms with E-state index in [9.17, 15) is 13.2 Å². The number of guanidine groups is 1. The molecule has 10 heteroatoms. The van der Waals surface area contributed by atoms with Gasteiger partial charge in [0, 0.05) is 17.0 Å². The van der Waals surface area contributed by atoms with Crippen molar-refractivity contribution in [2.24, 2.45) is 10.7 Å². The average Bonchev–Trinajstić information content (AvgIpc) is 3.01. The summed E-state index contributed by atoms with van der Waals surface area (Å²) in [6.45, 7) is 0.742. The predicted molar refractivity (Wildman–Crippen MR) is 108 cm³/mol. The van der Waals surface area contributed by atoms with E-state index in [1.807, 2.05) is 6.07 Å². The molecule has 0 spiro atoms. The third-order valence-corrected chi connectivity index (χ3v) is 3.84. The second-order valence-electron chi connectivity index (χ2n) is 5.52. The van der Waals surface area contributed by atoms with Crippen LogP contribution in [0.25, 0.3) is 0 Å². The smallest absolute Gasteiger partial charge is 0.493 e. The van der Waals surface area contributed by atoms with Crippen molar-refractivity contribution >= 4 is 47.2 Å². The first-order valence-electron chi connectivity index (χ1n) is 7.67. The molecule has 0 radical (unpaired) electrons. The van der Waals surface area contributed by atoms with Crippen LogP contribution in [0.2, 0.25) is 5.02 Å². The Labute approximate surface area is 175 Å². The van der Waals surface area contributed by atoms with E-state index < -0.39 is 12.1 Å². The summed E-state index contributed by atoms with van der Waals surface area (Å²) in [6.07, 6.45) is -4.04. The average molecular weight is 514 g/mol. The summed E-state index contributed by atoms with van der Waals surface area (Å²) in [7, 11) is 0. The Kier molecular flexibility index (Phi) is 7.04. The van der Waals surface area contributed by atoms with Crippen molar-refractivity contribution in [3.63, 3.8) is 0 Å². The van der Waals surface area contributed by atoms with Crippen molar-refractivity contribution < 1.29 is 22.6 Å². The predicted octanol–water partition coefficient (Wildman–Crippen LogP) is 4.72. The van der Waals surface area contributed by atoms with E-state index in [4.69, 9.17) is 22.1 Å². The van der Waals surface area contributed by atoms with E-state index in [1.54, 1.807) is 12.1 Å². The van der Waals surface area contributed by atoms with Gasteiger partial charge in [-0.3, -0.25) is 0 Å². The third-order valence-electron chi connectivity index (χ3n) is 3.62. The number of hydrogen-bond acceptors (Lipinski definition) is 3. The Hall–Kier alpha value is -1.88. The Morgan fingerprint density at radius 1 is 1.30 bits per heavy atom. The van der Waals surface area contributed by atoms with Gasteiger partial charge in [0.2, 0.25) is 0 Å². The quantitative estimate of drug-likeness (QED) is 0.353. The summed E-state index contributed by atoms with van der Waals surface area (Å²) < 4.78 is 46.9. The van der Waals surface area contributed by atoms with Gasteiger partial charge in [-0.25, -0.2) is 4.99 Å². The molecule has 1 aliphatic heterocycles. The first kappa shape index (κ1) is 21.4. The fourth-order valence-electron chi connectivity index (χ4n) is 2.59. The van der Waals surface area contributed by atoms with E-state index in [1.165, 1.54) is 18.2 Å². The summed E-state index contributed by atoms with van der Waals surface area (Å²) in [5.41, 5.74) is 7.61. The van der Waals surface area contributed by atoms with Crippen LogP contribution >= 0.6 is 35.6 Å². The van der Waals surface area contributed by atoms with Crippen LogP contribution in [0.3, 0.4) is 0 Å². The molecule has 27 heavy (non-hydrogen) atoms. The molecule has 146 valence electrons. The van der Waals surface area contributed by atoms with Crippen molar-refractivity contribution in [3.05, 3.63) is 52.5 Å². The maximum Gasteiger partial charge on any atom is 0.573 e. The van der Waals surface area contributed by atoms with Crippen molar-refractivity contribution in [1.82, 2.24) is 0 Å². The second-order valence-corrected chi connectivity index (χ2v) is 5.96. The highest BCUT2D eigenvalue weighted by molar-refractivity contribution is 14.0. The second kappa shape index (κ2) is 8.87. The van der Waals surface area contributed by atoms with E-state index in [2.05, 4.69) is 15.0 Å². The van der Waals surface area contributed by atoms with Crippen LogP contribution in [0.4, 0.5) is 18.9 Å². The number of benzene rings is 2. The molecule has 2 aromatic rings. The first-order valence-corrected chi connectivity index (χ1v) is 8.05. The number of hydrogen-bond donors (Lipinski definition) is 2. The molecule has 3 rings (SSSR count). The van der Waals surface area contributed by atoms with Crippen LogP contribution in [0.1, 0.15) is 11.1 Å². The maximum atomic E-state index is 12.5. The van der Waals surface area contributed by atoms with E-state index in [0.717, 1.165) is 23.3 Å². The van der Waals surface area contributed by atoms with Crippen LogP contribution in [-0.2, 0) is 13.0 Å². The van der Waals surface area contributed by atoms with Crippen molar-refractivity contribution in [2.45, 2.75) is 19.3 Å². The molecular formula is C17H16ClF3IN3O2. The number of alkyl halides is 3. The third kappa shape index (κ3) is 5.80. The monoisotopic (exact) mass is 513 g/mol. The van der Waals surface area contributed by atoms with Gasteiger partial charge < -0.3 is 20.5 Å². The fraction of sp³-hybridized carbons (Fsp3) is 0.235. The Balaban J connectivity index is 0.00000261. The van der Waals surface area contributed by atoms with Gasteiger partial charge >= 0.3 is 6.36 Å². The highest BCUT2D eigenvalue weighted by atomic mass is 127. The normalized spacial score (nSPS) is 13.4. The SMILES string of the molecule is I.NC(=NCc1cc(Cl)cc2c1OCC2)Nc1ccccc1OC(F)(F)F. The Bertz CT molecular complexity index is 847. The van der Waals surface area contributed by atoms with Crippen molar-refractivity contribution in [1.29, 1.82) is 0 Å². The fourth-order valence-corrected chi connectivity index (χ4v) is 2.86. The molecule has 0 bridgehead atoms.